The highest BCUT2D eigenvalue weighted by molar-refractivity contribution is 5.78. The standard InChI is InChI=1S/C28H46O2/c1-4-7-19-9-10-20-11-15-23-17-18-24-16-14-22-13-12-21(8-5-2)27(22,25(29)30)28(23,24)26(19,20)6-3/h19-24H,4-18H2,1-3H3,(H,29,30). The molecule has 0 aromatic carbocycles. The first-order valence-electron chi connectivity index (χ1n) is 13.8. The van der Waals surface area contributed by atoms with Gasteiger partial charge in [-0.25, -0.2) is 0 Å². The molecular weight excluding hydrogens is 368 g/mol. The molecule has 0 aliphatic heterocycles. The highest BCUT2D eigenvalue weighted by Gasteiger charge is 2.81. The fourth-order valence-electron chi connectivity index (χ4n) is 12.0. The molecule has 5 aliphatic carbocycles. The summed E-state index contributed by atoms with van der Waals surface area (Å²) in [6, 6.07) is 0. The van der Waals surface area contributed by atoms with E-state index >= 15 is 0 Å². The van der Waals surface area contributed by atoms with Crippen LogP contribution in [0.1, 0.15) is 117 Å². The van der Waals surface area contributed by atoms with E-state index in [9.17, 15) is 9.90 Å². The monoisotopic (exact) mass is 414 g/mol. The lowest BCUT2D eigenvalue weighted by molar-refractivity contribution is -0.257. The molecule has 30 heavy (non-hydrogen) atoms. The second-order valence-corrected chi connectivity index (χ2v) is 12.1. The molecule has 0 aromatic heterocycles. The quantitative estimate of drug-likeness (QED) is 0.483. The largest absolute Gasteiger partial charge is 0.481 e. The van der Waals surface area contributed by atoms with Crippen molar-refractivity contribution in [3.8, 4) is 0 Å². The van der Waals surface area contributed by atoms with E-state index in [-0.39, 0.29) is 11.4 Å². The van der Waals surface area contributed by atoms with E-state index in [0.29, 0.717) is 29.1 Å². The molecule has 0 aromatic rings. The van der Waals surface area contributed by atoms with Gasteiger partial charge >= 0.3 is 5.97 Å². The summed E-state index contributed by atoms with van der Waals surface area (Å²) in [6.07, 6.45) is 19.2. The Balaban J connectivity index is 1.80. The lowest BCUT2D eigenvalue weighted by Crippen LogP contribution is -2.70. The predicted octanol–water partition coefficient (Wildman–Crippen LogP) is 7.71. The average Bonchev–Trinajstić information content (AvgIpc) is 3.41. The Hall–Kier alpha value is -0.530. The third-order valence-corrected chi connectivity index (χ3v) is 12.0. The fraction of sp³-hybridized carbons (Fsp3) is 0.964. The van der Waals surface area contributed by atoms with Gasteiger partial charge in [-0.2, -0.15) is 0 Å². The summed E-state index contributed by atoms with van der Waals surface area (Å²) in [5, 5.41) is 11.3. The molecule has 2 heteroatoms. The number of carboxylic acid groups (broad SMARTS) is 1. The maximum atomic E-state index is 13.7. The van der Waals surface area contributed by atoms with Gasteiger partial charge in [0, 0.05) is 0 Å². The van der Waals surface area contributed by atoms with Gasteiger partial charge in [-0.15, -0.1) is 0 Å². The SMILES string of the molecule is CCCC1CCC2CCC3CCC4CCC5CCC(CCC)C5(C(=O)O)C34C12CC. The Bertz CT molecular complexity index is 660. The van der Waals surface area contributed by atoms with E-state index in [1.807, 2.05) is 0 Å². The van der Waals surface area contributed by atoms with Crippen LogP contribution in [-0.2, 0) is 4.79 Å². The van der Waals surface area contributed by atoms with Crippen molar-refractivity contribution in [1.29, 1.82) is 0 Å². The van der Waals surface area contributed by atoms with Gasteiger partial charge in [-0.1, -0.05) is 40.0 Å². The van der Waals surface area contributed by atoms with E-state index in [0.717, 1.165) is 24.7 Å². The summed E-state index contributed by atoms with van der Waals surface area (Å²) >= 11 is 0. The molecular formula is C28H46O2. The van der Waals surface area contributed by atoms with Gasteiger partial charge < -0.3 is 5.11 Å². The van der Waals surface area contributed by atoms with Gasteiger partial charge in [0.2, 0.25) is 0 Å². The van der Waals surface area contributed by atoms with Crippen molar-refractivity contribution in [1.82, 2.24) is 0 Å². The minimum atomic E-state index is -0.419. The zero-order valence-electron chi connectivity index (χ0n) is 19.9. The second kappa shape index (κ2) is 7.51. The van der Waals surface area contributed by atoms with Crippen LogP contribution < -0.4 is 0 Å². The Morgan fingerprint density at radius 3 is 1.73 bits per heavy atom. The molecule has 9 atom stereocenters. The molecule has 9 unspecified atom stereocenters. The maximum Gasteiger partial charge on any atom is 0.310 e. The predicted molar refractivity (Wildman–Crippen MR) is 122 cm³/mol. The lowest BCUT2D eigenvalue weighted by atomic mass is 9.31. The van der Waals surface area contributed by atoms with Crippen molar-refractivity contribution in [2.75, 3.05) is 0 Å². The van der Waals surface area contributed by atoms with Gasteiger partial charge in [0.05, 0.1) is 5.41 Å². The first-order valence-corrected chi connectivity index (χ1v) is 13.8. The molecule has 2 nitrogen and oxygen atoms in total. The molecule has 1 N–H and O–H groups in total. The van der Waals surface area contributed by atoms with Crippen molar-refractivity contribution < 1.29 is 9.90 Å². The minimum Gasteiger partial charge on any atom is -0.481 e. The molecule has 5 rings (SSSR count). The van der Waals surface area contributed by atoms with Gasteiger partial charge in [0.15, 0.2) is 0 Å². The van der Waals surface area contributed by atoms with Crippen LogP contribution >= 0.6 is 0 Å². The molecule has 0 amide bonds. The highest BCUT2D eigenvalue weighted by atomic mass is 16.4. The van der Waals surface area contributed by atoms with Gasteiger partial charge in [-0.3, -0.25) is 4.79 Å². The highest BCUT2D eigenvalue weighted by Crippen LogP contribution is 2.84. The normalized spacial score (nSPS) is 51.8. The summed E-state index contributed by atoms with van der Waals surface area (Å²) in [7, 11) is 0. The van der Waals surface area contributed by atoms with Crippen LogP contribution in [-0.4, -0.2) is 11.1 Å². The number of carboxylic acids is 1. The molecule has 1 spiro atoms. The molecule has 0 heterocycles. The number of rotatable bonds is 6. The van der Waals surface area contributed by atoms with Crippen molar-refractivity contribution >= 4 is 5.97 Å². The zero-order valence-corrected chi connectivity index (χ0v) is 19.9. The van der Waals surface area contributed by atoms with Crippen LogP contribution in [0.4, 0.5) is 0 Å². The van der Waals surface area contributed by atoms with E-state index < -0.39 is 5.41 Å². The van der Waals surface area contributed by atoms with Crippen molar-refractivity contribution in [3.63, 3.8) is 0 Å². The second-order valence-electron chi connectivity index (χ2n) is 12.1. The maximum absolute atomic E-state index is 13.7. The van der Waals surface area contributed by atoms with Gasteiger partial charge in [0.25, 0.3) is 0 Å². The summed E-state index contributed by atoms with van der Waals surface area (Å²) in [5.41, 5.74) is -0.0162. The summed E-state index contributed by atoms with van der Waals surface area (Å²) < 4.78 is 0. The van der Waals surface area contributed by atoms with E-state index in [4.69, 9.17) is 0 Å². The summed E-state index contributed by atoms with van der Waals surface area (Å²) in [6.45, 7) is 7.14. The zero-order chi connectivity index (χ0) is 21.1. The lowest BCUT2D eigenvalue weighted by Gasteiger charge is -2.71. The molecule has 5 fully saturated rings. The minimum absolute atomic E-state index is 0.0963. The van der Waals surface area contributed by atoms with E-state index in [1.54, 1.807) is 0 Å². The first kappa shape index (κ1) is 21.3. The number of hydrogen-bond acceptors (Lipinski definition) is 1. The molecule has 5 aliphatic rings. The van der Waals surface area contributed by atoms with Gasteiger partial charge in [0.1, 0.15) is 0 Å². The van der Waals surface area contributed by atoms with Crippen LogP contribution in [0, 0.1) is 51.8 Å². The van der Waals surface area contributed by atoms with Crippen molar-refractivity contribution in [3.05, 3.63) is 0 Å². The van der Waals surface area contributed by atoms with Crippen LogP contribution in [0.2, 0.25) is 0 Å². The molecule has 5 saturated carbocycles. The summed E-state index contributed by atoms with van der Waals surface area (Å²) in [4.78, 5) is 13.7. The average molecular weight is 415 g/mol. The Labute approximate surface area is 185 Å². The van der Waals surface area contributed by atoms with E-state index in [1.165, 1.54) is 83.5 Å². The Kier molecular flexibility index (Phi) is 5.34. The first-order chi connectivity index (χ1) is 14.5. The van der Waals surface area contributed by atoms with Crippen LogP contribution in [0.3, 0.4) is 0 Å². The topological polar surface area (TPSA) is 37.3 Å². The third kappa shape index (κ3) is 2.20. The van der Waals surface area contributed by atoms with Crippen LogP contribution in [0.15, 0.2) is 0 Å². The number of carbonyl (C=O) groups is 1. The number of fused-ring (bicyclic) bond motifs is 2. The van der Waals surface area contributed by atoms with Crippen molar-refractivity contribution in [2.45, 2.75) is 117 Å². The number of hydrogen-bond donors (Lipinski definition) is 1. The molecule has 0 radical (unpaired) electrons. The van der Waals surface area contributed by atoms with Crippen LogP contribution in [0.5, 0.6) is 0 Å². The van der Waals surface area contributed by atoms with E-state index in [2.05, 4.69) is 20.8 Å². The Morgan fingerprint density at radius 1 is 0.700 bits per heavy atom. The number of aliphatic carboxylic acids is 1. The van der Waals surface area contributed by atoms with Gasteiger partial charge in [-0.05, 0) is 123 Å². The third-order valence-electron chi connectivity index (χ3n) is 12.0. The summed E-state index contributed by atoms with van der Waals surface area (Å²) in [5.74, 6) is 3.48. The molecule has 170 valence electrons. The van der Waals surface area contributed by atoms with Crippen LogP contribution in [0.25, 0.3) is 0 Å². The molecule has 0 saturated heterocycles. The fourth-order valence-corrected chi connectivity index (χ4v) is 12.0. The Morgan fingerprint density at radius 2 is 1.17 bits per heavy atom. The van der Waals surface area contributed by atoms with Crippen molar-refractivity contribution in [2.24, 2.45) is 51.8 Å². The smallest absolute Gasteiger partial charge is 0.310 e. The molecule has 0 bridgehead atoms.